The number of benzene rings is 1. The predicted octanol–water partition coefficient (Wildman–Crippen LogP) is 6.61. The summed E-state index contributed by atoms with van der Waals surface area (Å²) in [5, 5.41) is 10.0. The van der Waals surface area contributed by atoms with Crippen molar-refractivity contribution in [2.75, 3.05) is 0 Å². The Labute approximate surface area is 156 Å². The van der Waals surface area contributed by atoms with Crippen molar-refractivity contribution < 1.29 is 9.84 Å². The standard InChI is InChI=1S/C23H40O2/c1-6-8-9-10-11-12-22(25-23(4,5)24)18-15-20-13-16-21(17-14-20)19(3)7-2/h13-14,16-17,19,22,24H,6-12,15,18H2,1-5H3/t19-,22+/m0/s1. The van der Waals surface area contributed by atoms with Crippen molar-refractivity contribution in [2.45, 2.75) is 110 Å². The molecule has 2 atom stereocenters. The van der Waals surface area contributed by atoms with Crippen molar-refractivity contribution >= 4 is 0 Å². The molecule has 0 aliphatic rings. The molecule has 144 valence electrons. The van der Waals surface area contributed by atoms with Crippen LogP contribution in [0.1, 0.15) is 103 Å². The first-order valence-electron chi connectivity index (χ1n) is 10.3. The van der Waals surface area contributed by atoms with Crippen LogP contribution in [0, 0.1) is 0 Å². The third-order valence-electron chi connectivity index (χ3n) is 5.00. The number of ether oxygens (including phenoxy) is 1. The lowest BCUT2D eigenvalue weighted by Crippen LogP contribution is -2.30. The molecule has 0 bridgehead atoms. The fraction of sp³-hybridized carbons (Fsp3) is 0.739. The van der Waals surface area contributed by atoms with Crippen LogP contribution in [0.5, 0.6) is 0 Å². The Kier molecular flexibility index (Phi) is 10.4. The van der Waals surface area contributed by atoms with Crippen molar-refractivity contribution in [2.24, 2.45) is 0 Å². The molecule has 0 saturated carbocycles. The van der Waals surface area contributed by atoms with E-state index >= 15 is 0 Å². The number of rotatable bonds is 13. The fourth-order valence-corrected chi connectivity index (χ4v) is 3.22. The maximum absolute atomic E-state index is 10.0. The van der Waals surface area contributed by atoms with Gasteiger partial charge in [0.15, 0.2) is 5.79 Å². The molecule has 0 amide bonds. The van der Waals surface area contributed by atoms with Crippen molar-refractivity contribution in [3.05, 3.63) is 35.4 Å². The Morgan fingerprint density at radius 1 is 0.960 bits per heavy atom. The molecule has 0 heterocycles. The van der Waals surface area contributed by atoms with Crippen LogP contribution in [0.4, 0.5) is 0 Å². The highest BCUT2D eigenvalue weighted by atomic mass is 16.6. The summed E-state index contributed by atoms with van der Waals surface area (Å²) in [7, 11) is 0. The van der Waals surface area contributed by atoms with Gasteiger partial charge < -0.3 is 9.84 Å². The molecule has 25 heavy (non-hydrogen) atoms. The quantitative estimate of drug-likeness (QED) is 0.321. The van der Waals surface area contributed by atoms with Crippen LogP contribution in [0.15, 0.2) is 24.3 Å². The van der Waals surface area contributed by atoms with Gasteiger partial charge in [0.05, 0.1) is 6.10 Å². The summed E-state index contributed by atoms with van der Waals surface area (Å²) >= 11 is 0. The molecule has 2 nitrogen and oxygen atoms in total. The number of hydrogen-bond acceptors (Lipinski definition) is 2. The molecule has 0 unspecified atom stereocenters. The van der Waals surface area contributed by atoms with E-state index in [2.05, 4.69) is 45.0 Å². The van der Waals surface area contributed by atoms with Crippen molar-refractivity contribution in [1.29, 1.82) is 0 Å². The summed E-state index contributed by atoms with van der Waals surface area (Å²) in [6.07, 6.45) is 10.7. The second kappa shape index (κ2) is 11.7. The summed E-state index contributed by atoms with van der Waals surface area (Å²) in [4.78, 5) is 0. The van der Waals surface area contributed by atoms with E-state index in [0.717, 1.165) is 19.3 Å². The van der Waals surface area contributed by atoms with Gasteiger partial charge >= 0.3 is 0 Å². The maximum Gasteiger partial charge on any atom is 0.160 e. The van der Waals surface area contributed by atoms with Crippen LogP contribution in [-0.4, -0.2) is 17.0 Å². The number of aliphatic hydroxyl groups is 1. The Morgan fingerprint density at radius 2 is 1.60 bits per heavy atom. The molecule has 1 aromatic carbocycles. The normalized spacial score (nSPS) is 14.5. The fourth-order valence-electron chi connectivity index (χ4n) is 3.22. The highest BCUT2D eigenvalue weighted by molar-refractivity contribution is 5.25. The minimum Gasteiger partial charge on any atom is -0.366 e. The van der Waals surface area contributed by atoms with Gasteiger partial charge in [-0.1, -0.05) is 77.1 Å². The van der Waals surface area contributed by atoms with E-state index in [1.54, 1.807) is 13.8 Å². The first kappa shape index (κ1) is 22.2. The second-order valence-corrected chi connectivity index (χ2v) is 7.98. The minimum atomic E-state index is -1.05. The van der Waals surface area contributed by atoms with E-state index in [4.69, 9.17) is 4.74 Å². The smallest absolute Gasteiger partial charge is 0.160 e. The summed E-state index contributed by atoms with van der Waals surface area (Å²) in [6.45, 7) is 10.2. The van der Waals surface area contributed by atoms with Crippen molar-refractivity contribution in [3.63, 3.8) is 0 Å². The molecule has 0 saturated heterocycles. The monoisotopic (exact) mass is 348 g/mol. The van der Waals surface area contributed by atoms with Crippen molar-refractivity contribution in [3.8, 4) is 0 Å². The van der Waals surface area contributed by atoms with Crippen molar-refractivity contribution in [1.82, 2.24) is 0 Å². The molecular weight excluding hydrogens is 308 g/mol. The van der Waals surface area contributed by atoms with Gasteiger partial charge in [-0.15, -0.1) is 0 Å². The van der Waals surface area contributed by atoms with Crippen LogP contribution in [0.3, 0.4) is 0 Å². The van der Waals surface area contributed by atoms with Crippen LogP contribution < -0.4 is 0 Å². The van der Waals surface area contributed by atoms with Gasteiger partial charge in [-0.25, -0.2) is 0 Å². The number of hydrogen-bond donors (Lipinski definition) is 1. The second-order valence-electron chi connectivity index (χ2n) is 7.98. The molecule has 0 radical (unpaired) electrons. The van der Waals surface area contributed by atoms with Gasteiger partial charge in [0, 0.05) is 0 Å². The van der Waals surface area contributed by atoms with E-state index in [9.17, 15) is 5.11 Å². The summed E-state index contributed by atoms with van der Waals surface area (Å²) in [5.74, 6) is -0.419. The molecule has 1 rings (SSSR count). The lowest BCUT2D eigenvalue weighted by atomic mass is 9.96. The van der Waals surface area contributed by atoms with Gasteiger partial charge in [0.25, 0.3) is 0 Å². The minimum absolute atomic E-state index is 0.135. The first-order valence-corrected chi connectivity index (χ1v) is 10.3. The number of unbranched alkanes of at least 4 members (excludes halogenated alkanes) is 4. The zero-order valence-corrected chi connectivity index (χ0v) is 17.2. The molecular formula is C23H40O2. The summed E-state index contributed by atoms with van der Waals surface area (Å²) in [5.41, 5.74) is 2.79. The van der Waals surface area contributed by atoms with Crippen LogP contribution in [0.2, 0.25) is 0 Å². The Hall–Kier alpha value is -0.860. The zero-order chi connectivity index (χ0) is 18.7. The molecule has 0 aromatic heterocycles. The third-order valence-corrected chi connectivity index (χ3v) is 5.00. The van der Waals surface area contributed by atoms with E-state index in [1.807, 2.05) is 0 Å². The zero-order valence-electron chi connectivity index (χ0n) is 17.2. The SMILES string of the molecule is CCCCCCC[C@H](CCc1ccc([C@@H](C)CC)cc1)OC(C)(C)O. The van der Waals surface area contributed by atoms with Crippen LogP contribution in [0.25, 0.3) is 0 Å². The Balaban J connectivity index is 2.50. The topological polar surface area (TPSA) is 29.5 Å². The first-order chi connectivity index (χ1) is 11.9. The molecule has 0 fully saturated rings. The summed E-state index contributed by atoms with van der Waals surface area (Å²) in [6, 6.07) is 9.04. The highest BCUT2D eigenvalue weighted by Gasteiger charge is 2.20. The Morgan fingerprint density at radius 3 is 2.16 bits per heavy atom. The molecule has 2 heteroatoms. The van der Waals surface area contributed by atoms with Crippen LogP contribution >= 0.6 is 0 Å². The largest absolute Gasteiger partial charge is 0.366 e. The average Bonchev–Trinajstić information content (AvgIpc) is 2.57. The third kappa shape index (κ3) is 10.0. The molecule has 0 aliphatic heterocycles. The molecule has 0 aliphatic carbocycles. The van der Waals surface area contributed by atoms with E-state index < -0.39 is 5.79 Å². The lowest BCUT2D eigenvalue weighted by Gasteiger charge is -2.26. The maximum atomic E-state index is 10.0. The summed E-state index contributed by atoms with van der Waals surface area (Å²) < 4.78 is 5.90. The van der Waals surface area contributed by atoms with E-state index in [1.165, 1.54) is 49.7 Å². The van der Waals surface area contributed by atoms with Gasteiger partial charge in [-0.3, -0.25) is 0 Å². The highest BCUT2D eigenvalue weighted by Crippen LogP contribution is 2.22. The van der Waals surface area contributed by atoms with Gasteiger partial charge in [0.2, 0.25) is 0 Å². The van der Waals surface area contributed by atoms with Gasteiger partial charge in [0.1, 0.15) is 0 Å². The van der Waals surface area contributed by atoms with E-state index in [-0.39, 0.29) is 6.10 Å². The van der Waals surface area contributed by atoms with E-state index in [0.29, 0.717) is 5.92 Å². The molecule has 1 aromatic rings. The lowest BCUT2D eigenvalue weighted by molar-refractivity contribution is -0.208. The average molecular weight is 349 g/mol. The van der Waals surface area contributed by atoms with Gasteiger partial charge in [-0.05, 0) is 56.6 Å². The van der Waals surface area contributed by atoms with Gasteiger partial charge in [-0.2, -0.15) is 0 Å². The Bertz CT molecular complexity index is 444. The molecule has 0 spiro atoms. The molecule has 1 N–H and O–H groups in total. The predicted molar refractivity (Wildman–Crippen MR) is 108 cm³/mol. The number of aryl methyl sites for hydroxylation is 1. The van der Waals surface area contributed by atoms with Crippen LogP contribution in [-0.2, 0) is 11.2 Å².